The number of nitrogens with two attached hydrogens (primary N) is 1. The fourth-order valence-corrected chi connectivity index (χ4v) is 2.11. The maximum absolute atomic E-state index is 12.2. The van der Waals surface area contributed by atoms with Gasteiger partial charge in [-0.2, -0.15) is 0 Å². The summed E-state index contributed by atoms with van der Waals surface area (Å²) in [4.78, 5) is 16.4. The number of fused-ring (bicyclic) bond motifs is 1. The molecule has 0 bridgehead atoms. The van der Waals surface area contributed by atoms with E-state index in [1.165, 1.54) is 0 Å². The molecule has 0 unspecified atom stereocenters. The molecule has 0 saturated carbocycles. The van der Waals surface area contributed by atoms with Crippen LogP contribution < -0.4 is 11.1 Å². The molecule has 5 nitrogen and oxygen atoms in total. The van der Waals surface area contributed by atoms with Crippen molar-refractivity contribution >= 4 is 28.4 Å². The second-order valence-electron chi connectivity index (χ2n) is 4.94. The van der Waals surface area contributed by atoms with Crippen LogP contribution in [0.1, 0.15) is 21.8 Å². The van der Waals surface area contributed by atoms with Gasteiger partial charge in [-0.1, -0.05) is 6.07 Å². The van der Waals surface area contributed by atoms with Gasteiger partial charge in [0.1, 0.15) is 5.52 Å². The molecule has 0 radical (unpaired) electrons. The van der Waals surface area contributed by atoms with Crippen molar-refractivity contribution in [2.75, 3.05) is 11.1 Å². The van der Waals surface area contributed by atoms with Gasteiger partial charge in [-0.15, -0.1) is 0 Å². The number of nitrogen functional groups attached to an aromatic ring is 1. The highest BCUT2D eigenvalue weighted by molar-refractivity contribution is 6.05. The van der Waals surface area contributed by atoms with Crippen LogP contribution in [0.2, 0.25) is 0 Å². The van der Waals surface area contributed by atoms with Crippen molar-refractivity contribution in [3.63, 3.8) is 0 Å². The maximum atomic E-state index is 12.2. The van der Waals surface area contributed by atoms with Crippen LogP contribution in [0.5, 0.6) is 0 Å². The molecule has 3 aromatic rings. The molecule has 1 heterocycles. The summed E-state index contributed by atoms with van der Waals surface area (Å²) >= 11 is 0. The van der Waals surface area contributed by atoms with Crippen LogP contribution >= 0.6 is 0 Å². The molecule has 0 aliphatic rings. The summed E-state index contributed by atoms with van der Waals surface area (Å²) in [6, 6.07) is 10.6. The van der Waals surface area contributed by atoms with Crippen LogP contribution in [0.4, 0.5) is 11.4 Å². The minimum Gasteiger partial charge on any atom is -0.441 e. The number of aromatic nitrogens is 1. The number of carbonyl (C=O) groups excluding carboxylic acids is 1. The first-order chi connectivity index (χ1) is 10.0. The highest BCUT2D eigenvalue weighted by Crippen LogP contribution is 2.21. The highest BCUT2D eigenvalue weighted by atomic mass is 16.3. The average Bonchev–Trinajstić information content (AvgIpc) is 2.81. The third kappa shape index (κ3) is 2.58. The molecule has 0 fully saturated rings. The van der Waals surface area contributed by atoms with Crippen molar-refractivity contribution in [2.45, 2.75) is 13.8 Å². The van der Waals surface area contributed by atoms with E-state index >= 15 is 0 Å². The SMILES string of the molecule is Cc1nc2cc(NC(=O)c3ccc(C)c(N)c3)ccc2o1. The Hall–Kier alpha value is -2.82. The fourth-order valence-electron chi connectivity index (χ4n) is 2.11. The van der Waals surface area contributed by atoms with E-state index in [4.69, 9.17) is 10.2 Å². The van der Waals surface area contributed by atoms with Gasteiger partial charge in [0.25, 0.3) is 5.91 Å². The summed E-state index contributed by atoms with van der Waals surface area (Å²) in [7, 11) is 0. The number of hydrogen-bond donors (Lipinski definition) is 2. The van der Waals surface area contributed by atoms with Crippen LogP contribution in [0.25, 0.3) is 11.1 Å². The lowest BCUT2D eigenvalue weighted by atomic mass is 10.1. The van der Waals surface area contributed by atoms with Crippen molar-refractivity contribution in [1.82, 2.24) is 4.98 Å². The van der Waals surface area contributed by atoms with Gasteiger partial charge in [0.15, 0.2) is 11.5 Å². The van der Waals surface area contributed by atoms with E-state index in [0.717, 1.165) is 5.56 Å². The Kier molecular flexibility index (Phi) is 3.10. The standard InChI is InChI=1S/C16H15N3O2/c1-9-3-4-11(7-13(9)17)16(20)19-12-5-6-15-14(8-12)18-10(2)21-15/h3-8H,17H2,1-2H3,(H,19,20). The Morgan fingerprint density at radius 3 is 2.76 bits per heavy atom. The zero-order valence-electron chi connectivity index (χ0n) is 11.8. The zero-order valence-corrected chi connectivity index (χ0v) is 11.8. The normalized spacial score (nSPS) is 10.8. The third-order valence-corrected chi connectivity index (χ3v) is 3.29. The summed E-state index contributed by atoms with van der Waals surface area (Å²) < 4.78 is 5.40. The number of rotatable bonds is 2. The van der Waals surface area contributed by atoms with Crippen molar-refractivity contribution in [3.05, 3.63) is 53.4 Å². The van der Waals surface area contributed by atoms with Crippen molar-refractivity contribution < 1.29 is 9.21 Å². The summed E-state index contributed by atoms with van der Waals surface area (Å²) in [6.07, 6.45) is 0. The number of carbonyl (C=O) groups is 1. The second-order valence-corrected chi connectivity index (χ2v) is 4.94. The first-order valence-corrected chi connectivity index (χ1v) is 6.57. The number of anilines is 2. The second kappa shape index (κ2) is 4.94. The molecule has 1 amide bonds. The largest absolute Gasteiger partial charge is 0.441 e. The topological polar surface area (TPSA) is 81.2 Å². The number of amides is 1. The molecule has 106 valence electrons. The van der Waals surface area contributed by atoms with Crippen molar-refractivity contribution in [1.29, 1.82) is 0 Å². The Morgan fingerprint density at radius 1 is 1.19 bits per heavy atom. The number of hydrogen-bond acceptors (Lipinski definition) is 4. The summed E-state index contributed by atoms with van der Waals surface area (Å²) in [5.74, 6) is 0.390. The number of nitrogens with one attached hydrogen (secondary N) is 1. The molecule has 5 heteroatoms. The van der Waals surface area contributed by atoms with Crippen LogP contribution in [0.3, 0.4) is 0 Å². The minimum atomic E-state index is -0.207. The van der Waals surface area contributed by atoms with Gasteiger partial charge >= 0.3 is 0 Å². The molecule has 3 rings (SSSR count). The highest BCUT2D eigenvalue weighted by Gasteiger charge is 2.09. The van der Waals surface area contributed by atoms with E-state index in [2.05, 4.69) is 10.3 Å². The fraction of sp³-hybridized carbons (Fsp3) is 0.125. The molecular formula is C16H15N3O2. The Bertz CT molecular complexity index is 837. The number of benzene rings is 2. The van der Waals surface area contributed by atoms with Crippen LogP contribution in [-0.2, 0) is 0 Å². The smallest absolute Gasteiger partial charge is 0.255 e. The Labute approximate surface area is 121 Å². The molecule has 0 saturated heterocycles. The van der Waals surface area contributed by atoms with E-state index in [9.17, 15) is 4.79 Å². The molecule has 3 N–H and O–H groups in total. The Balaban J connectivity index is 1.86. The van der Waals surface area contributed by atoms with Crippen molar-refractivity contribution in [3.8, 4) is 0 Å². The van der Waals surface area contributed by atoms with Crippen molar-refractivity contribution in [2.24, 2.45) is 0 Å². The number of aryl methyl sites for hydroxylation is 2. The van der Waals surface area contributed by atoms with Gasteiger partial charge in [-0.25, -0.2) is 4.98 Å². The van der Waals surface area contributed by atoms with E-state index < -0.39 is 0 Å². The molecule has 0 atom stereocenters. The number of nitrogens with zero attached hydrogens (tertiary/aromatic N) is 1. The average molecular weight is 281 g/mol. The lowest BCUT2D eigenvalue weighted by Crippen LogP contribution is -2.12. The van der Waals surface area contributed by atoms with Gasteiger partial charge in [0, 0.05) is 23.9 Å². The minimum absolute atomic E-state index is 0.207. The number of oxazole rings is 1. The van der Waals surface area contributed by atoms with E-state index in [0.29, 0.717) is 33.9 Å². The van der Waals surface area contributed by atoms with Crippen LogP contribution in [-0.4, -0.2) is 10.9 Å². The first kappa shape index (κ1) is 13.2. The molecule has 0 aliphatic carbocycles. The maximum Gasteiger partial charge on any atom is 0.255 e. The van der Waals surface area contributed by atoms with Gasteiger partial charge in [-0.05, 0) is 42.8 Å². The van der Waals surface area contributed by atoms with Gasteiger partial charge < -0.3 is 15.5 Å². The molecule has 0 spiro atoms. The molecule has 1 aromatic heterocycles. The lowest BCUT2D eigenvalue weighted by molar-refractivity contribution is 0.102. The van der Waals surface area contributed by atoms with Gasteiger partial charge in [-0.3, -0.25) is 4.79 Å². The quantitative estimate of drug-likeness (QED) is 0.706. The van der Waals surface area contributed by atoms with Gasteiger partial charge in [0.2, 0.25) is 0 Å². The summed E-state index contributed by atoms with van der Waals surface area (Å²) in [6.45, 7) is 3.69. The molecule has 2 aromatic carbocycles. The lowest BCUT2D eigenvalue weighted by Gasteiger charge is -2.07. The first-order valence-electron chi connectivity index (χ1n) is 6.57. The summed E-state index contributed by atoms with van der Waals surface area (Å²) in [5.41, 5.74) is 9.98. The predicted octanol–water partition coefficient (Wildman–Crippen LogP) is 3.28. The summed E-state index contributed by atoms with van der Waals surface area (Å²) in [5, 5.41) is 2.83. The molecule has 21 heavy (non-hydrogen) atoms. The zero-order chi connectivity index (χ0) is 15.0. The van der Waals surface area contributed by atoms with Crippen LogP contribution in [0, 0.1) is 13.8 Å². The molecule has 0 aliphatic heterocycles. The van der Waals surface area contributed by atoms with Gasteiger partial charge in [0.05, 0.1) is 0 Å². The monoisotopic (exact) mass is 281 g/mol. The van der Waals surface area contributed by atoms with E-state index in [1.807, 2.05) is 13.0 Å². The third-order valence-electron chi connectivity index (χ3n) is 3.29. The molecular weight excluding hydrogens is 266 g/mol. The predicted molar refractivity (Wildman–Crippen MR) is 82.3 cm³/mol. The van der Waals surface area contributed by atoms with E-state index in [-0.39, 0.29) is 5.91 Å². The Morgan fingerprint density at radius 2 is 2.00 bits per heavy atom. The van der Waals surface area contributed by atoms with Crippen LogP contribution in [0.15, 0.2) is 40.8 Å². The van der Waals surface area contributed by atoms with E-state index in [1.54, 1.807) is 37.3 Å².